The Labute approximate surface area is 245 Å². The number of phenols is 1. The van der Waals surface area contributed by atoms with Crippen LogP contribution in [0.1, 0.15) is 50.3 Å². The lowest BCUT2D eigenvalue weighted by Crippen LogP contribution is -2.24. The average molecular weight is 550 g/mol. The van der Waals surface area contributed by atoms with Crippen LogP contribution in [0, 0.1) is 0 Å². The van der Waals surface area contributed by atoms with Crippen LogP contribution in [0.4, 0.5) is 0 Å². The van der Waals surface area contributed by atoms with Gasteiger partial charge in [-0.3, -0.25) is 4.79 Å². The van der Waals surface area contributed by atoms with Crippen LogP contribution in [0.15, 0.2) is 127 Å². The third kappa shape index (κ3) is 6.17. The first-order chi connectivity index (χ1) is 20.6. The van der Waals surface area contributed by atoms with Gasteiger partial charge in [0, 0.05) is 35.0 Å². The molecule has 1 aliphatic rings. The fourth-order valence-corrected chi connectivity index (χ4v) is 5.20. The molecule has 42 heavy (non-hydrogen) atoms. The van der Waals surface area contributed by atoms with E-state index in [0.717, 1.165) is 52.9 Å². The molecule has 5 aromatic rings. The molecule has 0 unspecified atom stereocenters. The summed E-state index contributed by atoms with van der Waals surface area (Å²) in [5.74, 6) is 0.161. The molecule has 1 aromatic heterocycles. The highest BCUT2D eigenvalue weighted by Crippen LogP contribution is 2.30. The van der Waals surface area contributed by atoms with Gasteiger partial charge in [0.1, 0.15) is 5.75 Å². The van der Waals surface area contributed by atoms with E-state index in [0.29, 0.717) is 12.1 Å². The zero-order chi connectivity index (χ0) is 28.7. The molecule has 5 heteroatoms. The van der Waals surface area contributed by atoms with E-state index in [-0.39, 0.29) is 11.7 Å². The number of nitrogens with one attached hydrogen (secondary N) is 1. The second-order valence-electron chi connectivity index (χ2n) is 10.3. The zero-order valence-corrected chi connectivity index (χ0v) is 23.2. The molecule has 1 amide bonds. The van der Waals surface area contributed by atoms with Crippen molar-refractivity contribution < 1.29 is 9.90 Å². The molecule has 2 N–H and O–H groups in total. The summed E-state index contributed by atoms with van der Waals surface area (Å²) in [6, 6.07) is 35.6. The minimum absolute atomic E-state index is 0.0668. The van der Waals surface area contributed by atoms with Crippen LogP contribution in [-0.2, 0) is 19.4 Å². The van der Waals surface area contributed by atoms with Gasteiger partial charge in [0.05, 0.1) is 11.9 Å². The lowest BCUT2D eigenvalue weighted by molar-refractivity contribution is 0.0950. The number of carbonyl (C=O) groups excluding carboxylic acids is 1. The van der Waals surface area contributed by atoms with Crippen molar-refractivity contribution in [2.24, 2.45) is 0 Å². The third-order valence-electron chi connectivity index (χ3n) is 7.47. The van der Waals surface area contributed by atoms with Crippen LogP contribution in [0.2, 0.25) is 0 Å². The van der Waals surface area contributed by atoms with E-state index in [1.807, 2.05) is 77.5 Å². The van der Waals surface area contributed by atoms with Crippen LogP contribution < -0.4 is 5.32 Å². The largest absolute Gasteiger partial charge is 0.507 e. The molecule has 6 rings (SSSR count). The molecule has 1 aliphatic heterocycles. The van der Waals surface area contributed by atoms with E-state index >= 15 is 0 Å². The molecule has 0 fully saturated rings. The molecule has 4 aromatic carbocycles. The number of fused-ring (bicyclic) bond motifs is 1. The van der Waals surface area contributed by atoms with E-state index in [2.05, 4.69) is 58.6 Å². The van der Waals surface area contributed by atoms with Crippen LogP contribution in [0.25, 0.3) is 17.3 Å². The number of carbonyl (C=O) groups is 1. The molecule has 5 nitrogen and oxygen atoms in total. The molecule has 0 bridgehead atoms. The molecule has 0 saturated carbocycles. The molecule has 206 valence electrons. The first-order valence-electron chi connectivity index (χ1n) is 14.1. The number of phenolic OH excluding ortho intramolecular Hbond substituents is 1. The number of aryl methyl sites for hydroxylation is 1. The predicted octanol–water partition coefficient (Wildman–Crippen LogP) is 7.29. The van der Waals surface area contributed by atoms with Gasteiger partial charge >= 0.3 is 0 Å². The Morgan fingerprint density at radius 1 is 0.786 bits per heavy atom. The quantitative estimate of drug-likeness (QED) is 0.190. The Bertz CT molecular complexity index is 1810. The Morgan fingerprint density at radius 2 is 1.52 bits per heavy atom. The Morgan fingerprint density at radius 3 is 2.36 bits per heavy atom. The maximum absolute atomic E-state index is 13.1. The standard InChI is InChI=1S/C37H31N3O2/c41-36-13-7-6-11-34(36)31-19-21-32-22-23-39-40(32)33(25-31)20-18-27-14-16-29(17-15-27)26-38-37(42)35-12-5-4-10-30(35)24-28-8-2-1-3-9-28/h1-17,21-23,25,41H,18,20,24,26H2,(H,38,42). The van der Waals surface area contributed by atoms with Crippen molar-refractivity contribution in [3.63, 3.8) is 0 Å². The van der Waals surface area contributed by atoms with Gasteiger partial charge in [-0.25, -0.2) is 4.68 Å². The molecular weight excluding hydrogens is 518 g/mol. The number of aromatic nitrogens is 2. The van der Waals surface area contributed by atoms with Crippen molar-refractivity contribution in [2.75, 3.05) is 0 Å². The van der Waals surface area contributed by atoms with Crippen LogP contribution >= 0.6 is 0 Å². The van der Waals surface area contributed by atoms with Gasteiger partial charge in [-0.05, 0) is 65.8 Å². The number of hydrogen-bond acceptors (Lipinski definition) is 3. The molecule has 0 radical (unpaired) electrons. The zero-order valence-electron chi connectivity index (χ0n) is 23.2. The number of amides is 1. The first-order valence-corrected chi connectivity index (χ1v) is 14.1. The topological polar surface area (TPSA) is 67.2 Å². The number of hydrogen-bond donors (Lipinski definition) is 2. The van der Waals surface area contributed by atoms with Crippen LogP contribution in [-0.4, -0.2) is 20.8 Å². The van der Waals surface area contributed by atoms with Crippen molar-refractivity contribution in [2.45, 2.75) is 25.8 Å². The fraction of sp³-hybridized carbons (Fsp3) is 0.108. The summed E-state index contributed by atoms with van der Waals surface area (Å²) < 4.78 is 1.93. The Hall–Kier alpha value is -5.38. The summed E-state index contributed by atoms with van der Waals surface area (Å²) >= 11 is 0. The van der Waals surface area contributed by atoms with Gasteiger partial charge < -0.3 is 10.4 Å². The lowest BCUT2D eigenvalue weighted by atomic mass is 9.99. The highest BCUT2D eigenvalue weighted by atomic mass is 16.3. The Kier molecular flexibility index (Phi) is 7.93. The average Bonchev–Trinajstić information content (AvgIpc) is 3.43. The van der Waals surface area contributed by atoms with Gasteiger partial charge in [-0.1, -0.05) is 91.0 Å². The summed E-state index contributed by atoms with van der Waals surface area (Å²) in [5.41, 5.74) is 12.0. The van der Waals surface area contributed by atoms with Crippen molar-refractivity contribution >= 4 is 23.3 Å². The van der Waals surface area contributed by atoms with Gasteiger partial charge in [0.25, 0.3) is 5.91 Å². The van der Waals surface area contributed by atoms with Crippen molar-refractivity contribution in [1.29, 1.82) is 0 Å². The number of allylic oxidation sites excluding steroid dienone is 3. The summed E-state index contributed by atoms with van der Waals surface area (Å²) in [4.78, 5) is 13.1. The molecule has 2 heterocycles. The van der Waals surface area contributed by atoms with E-state index < -0.39 is 0 Å². The highest BCUT2D eigenvalue weighted by Gasteiger charge is 2.14. The number of nitrogens with zero attached hydrogens (tertiary/aromatic N) is 2. The molecular formula is C37H31N3O2. The molecule has 0 saturated heterocycles. The summed E-state index contributed by atoms with van der Waals surface area (Å²) in [5, 5.41) is 18.0. The van der Waals surface area contributed by atoms with Gasteiger partial charge in [-0.2, -0.15) is 5.10 Å². The van der Waals surface area contributed by atoms with Crippen LogP contribution in [0.3, 0.4) is 0 Å². The minimum atomic E-state index is -0.0668. The van der Waals surface area contributed by atoms with E-state index in [4.69, 9.17) is 0 Å². The lowest BCUT2D eigenvalue weighted by Gasteiger charge is -2.12. The number of benzene rings is 4. The molecule has 0 aliphatic carbocycles. The Balaban J connectivity index is 1.10. The minimum Gasteiger partial charge on any atom is -0.507 e. The summed E-state index contributed by atoms with van der Waals surface area (Å²) in [7, 11) is 0. The van der Waals surface area contributed by atoms with E-state index in [9.17, 15) is 9.90 Å². The van der Waals surface area contributed by atoms with Crippen LogP contribution in [0.5, 0.6) is 5.75 Å². The van der Waals surface area contributed by atoms with E-state index in [1.54, 1.807) is 12.3 Å². The maximum atomic E-state index is 13.1. The predicted molar refractivity (Wildman–Crippen MR) is 168 cm³/mol. The van der Waals surface area contributed by atoms with E-state index in [1.165, 1.54) is 11.1 Å². The van der Waals surface area contributed by atoms with Crippen molar-refractivity contribution in [1.82, 2.24) is 15.1 Å². The number of para-hydroxylation sites is 1. The van der Waals surface area contributed by atoms with Crippen molar-refractivity contribution in [3.05, 3.63) is 166 Å². The fourth-order valence-electron chi connectivity index (χ4n) is 5.20. The van der Waals surface area contributed by atoms with Crippen molar-refractivity contribution in [3.8, 4) is 5.75 Å². The monoisotopic (exact) mass is 549 g/mol. The summed E-state index contributed by atoms with van der Waals surface area (Å²) in [6.07, 6.45) is 8.04. The third-order valence-corrected chi connectivity index (χ3v) is 7.47. The maximum Gasteiger partial charge on any atom is 0.251 e. The second-order valence-corrected chi connectivity index (χ2v) is 10.3. The molecule has 0 atom stereocenters. The normalized spacial score (nSPS) is 12.2. The van der Waals surface area contributed by atoms with Gasteiger partial charge in [0.15, 0.2) is 0 Å². The van der Waals surface area contributed by atoms with Gasteiger partial charge in [-0.15, -0.1) is 5.73 Å². The second kappa shape index (κ2) is 12.4. The summed E-state index contributed by atoms with van der Waals surface area (Å²) in [6.45, 7) is 0.459. The first kappa shape index (κ1) is 26.8. The molecule has 0 spiro atoms. The number of aromatic hydroxyl groups is 1. The number of rotatable bonds is 9. The SMILES string of the molecule is O=C(NCc1ccc(CCC2=CC(c3ccccc3O)=C=Cc3ccnn32)cc1)c1ccccc1Cc1ccccc1. The highest BCUT2D eigenvalue weighted by molar-refractivity contribution is 5.95. The smallest absolute Gasteiger partial charge is 0.251 e. The van der Waals surface area contributed by atoms with Gasteiger partial charge in [0.2, 0.25) is 0 Å².